The molecule has 2 N–H and O–H groups in total. The van der Waals surface area contributed by atoms with E-state index in [1.165, 1.54) is 0 Å². The third-order valence-electron chi connectivity index (χ3n) is 5.00. The molecule has 0 saturated carbocycles. The Bertz CT molecular complexity index is 1280. The van der Waals surface area contributed by atoms with E-state index in [9.17, 15) is 5.26 Å². The number of nitrogens with two attached hydrogens (primary N) is 1. The van der Waals surface area contributed by atoms with Gasteiger partial charge in [-0.05, 0) is 42.8 Å². The van der Waals surface area contributed by atoms with Gasteiger partial charge in [0.15, 0.2) is 0 Å². The van der Waals surface area contributed by atoms with E-state index in [-0.39, 0.29) is 5.82 Å². The van der Waals surface area contributed by atoms with Gasteiger partial charge < -0.3 is 15.2 Å². The molecule has 0 saturated heterocycles. The molecule has 1 heterocycles. The number of nitrogens with zero attached hydrogens (tertiary/aromatic N) is 2. The van der Waals surface area contributed by atoms with Gasteiger partial charge in [-0.3, -0.25) is 0 Å². The van der Waals surface area contributed by atoms with Crippen LogP contribution in [-0.4, -0.2) is 12.1 Å². The predicted octanol–water partition coefficient (Wildman–Crippen LogP) is 5.98. The van der Waals surface area contributed by atoms with Gasteiger partial charge >= 0.3 is 0 Å². The van der Waals surface area contributed by atoms with Crippen LogP contribution in [0.1, 0.15) is 11.3 Å². The number of anilines is 1. The van der Waals surface area contributed by atoms with Crippen LogP contribution in [0.25, 0.3) is 22.3 Å². The summed E-state index contributed by atoms with van der Waals surface area (Å²) in [6.07, 6.45) is 0. The molecule has 0 radical (unpaired) electrons. The number of rotatable bonds is 5. The van der Waals surface area contributed by atoms with Crippen molar-refractivity contribution in [2.24, 2.45) is 0 Å². The molecule has 1 aromatic heterocycles. The molecule has 0 bridgehead atoms. The topological polar surface area (TPSA) is 81.2 Å². The highest BCUT2D eigenvalue weighted by Gasteiger charge is 2.22. The van der Waals surface area contributed by atoms with Gasteiger partial charge in [-0.25, -0.2) is 4.98 Å². The van der Waals surface area contributed by atoms with E-state index in [1.807, 2.05) is 85.8 Å². The van der Waals surface area contributed by atoms with Crippen LogP contribution < -0.4 is 15.2 Å². The monoisotopic (exact) mass is 407 g/mol. The number of aryl methyl sites for hydroxylation is 1. The maximum absolute atomic E-state index is 9.92. The minimum atomic E-state index is 0.197. The second-order valence-corrected chi connectivity index (χ2v) is 6.96. The Morgan fingerprint density at radius 2 is 1.58 bits per heavy atom. The van der Waals surface area contributed by atoms with E-state index in [0.717, 1.165) is 22.4 Å². The number of ether oxygens (including phenoxy) is 2. The van der Waals surface area contributed by atoms with Crippen LogP contribution in [0.2, 0.25) is 0 Å². The molecule has 0 amide bonds. The molecule has 5 nitrogen and oxygen atoms in total. The number of para-hydroxylation sites is 2. The summed E-state index contributed by atoms with van der Waals surface area (Å²) < 4.78 is 11.6. The summed E-state index contributed by atoms with van der Waals surface area (Å²) in [6.45, 7) is 1.88. The van der Waals surface area contributed by atoms with Crippen molar-refractivity contribution in [3.63, 3.8) is 0 Å². The highest BCUT2D eigenvalue weighted by Crippen LogP contribution is 2.43. The molecule has 0 unspecified atom stereocenters. The van der Waals surface area contributed by atoms with Crippen LogP contribution >= 0.6 is 0 Å². The van der Waals surface area contributed by atoms with Gasteiger partial charge in [0.05, 0.1) is 7.11 Å². The Morgan fingerprint density at radius 3 is 2.32 bits per heavy atom. The number of hydrogen-bond acceptors (Lipinski definition) is 5. The fraction of sp³-hybridized carbons (Fsp3) is 0.0769. The molecule has 0 spiro atoms. The number of hydrogen-bond donors (Lipinski definition) is 1. The molecule has 3 aromatic carbocycles. The fourth-order valence-electron chi connectivity index (χ4n) is 3.65. The maximum Gasteiger partial charge on any atom is 0.142 e. The molecule has 0 aliphatic heterocycles. The lowest BCUT2D eigenvalue weighted by Crippen LogP contribution is -2.04. The second kappa shape index (κ2) is 8.60. The Balaban J connectivity index is 1.94. The number of nitrogen functional groups attached to an aromatic ring is 1. The molecule has 0 atom stereocenters. The third-order valence-corrected chi connectivity index (χ3v) is 5.00. The van der Waals surface area contributed by atoms with Crippen molar-refractivity contribution in [3.05, 3.63) is 90.1 Å². The molecule has 4 aromatic rings. The zero-order valence-corrected chi connectivity index (χ0v) is 17.3. The molecule has 4 rings (SSSR count). The van der Waals surface area contributed by atoms with Gasteiger partial charge in [-0.2, -0.15) is 5.26 Å². The van der Waals surface area contributed by atoms with Crippen LogP contribution in [0.15, 0.2) is 78.9 Å². The van der Waals surface area contributed by atoms with E-state index in [4.69, 9.17) is 15.2 Å². The van der Waals surface area contributed by atoms with Gasteiger partial charge in [-0.15, -0.1) is 0 Å². The SMILES string of the molecule is COc1ccccc1-c1c(C)nc(N)c(C#N)c1-c1cccc(Oc2ccccc2)c1. The van der Waals surface area contributed by atoms with E-state index in [2.05, 4.69) is 11.1 Å². The van der Waals surface area contributed by atoms with Crippen LogP contribution in [0.5, 0.6) is 17.2 Å². The van der Waals surface area contributed by atoms with Crippen molar-refractivity contribution < 1.29 is 9.47 Å². The average Bonchev–Trinajstić information content (AvgIpc) is 2.79. The first-order valence-corrected chi connectivity index (χ1v) is 9.79. The summed E-state index contributed by atoms with van der Waals surface area (Å²) in [6, 6.07) is 27.1. The van der Waals surface area contributed by atoms with E-state index >= 15 is 0 Å². The average molecular weight is 407 g/mol. The largest absolute Gasteiger partial charge is 0.496 e. The zero-order valence-electron chi connectivity index (χ0n) is 17.3. The summed E-state index contributed by atoms with van der Waals surface area (Å²) >= 11 is 0. The highest BCUT2D eigenvalue weighted by molar-refractivity contribution is 5.93. The molecular weight excluding hydrogens is 386 g/mol. The Morgan fingerprint density at radius 1 is 0.871 bits per heavy atom. The van der Waals surface area contributed by atoms with E-state index in [0.29, 0.717) is 28.3 Å². The van der Waals surface area contributed by atoms with Crippen LogP contribution in [-0.2, 0) is 0 Å². The Kier molecular flexibility index (Phi) is 5.55. The Hall–Kier alpha value is -4.30. The van der Waals surface area contributed by atoms with E-state index in [1.54, 1.807) is 7.11 Å². The van der Waals surface area contributed by atoms with Gasteiger partial charge in [0.2, 0.25) is 0 Å². The van der Waals surface area contributed by atoms with Crippen LogP contribution in [0.4, 0.5) is 5.82 Å². The maximum atomic E-state index is 9.92. The standard InChI is InChI=1S/C26H21N3O2/c1-17-24(21-13-6-7-14-23(21)30-2)25(22(16-27)26(28)29-17)18-9-8-12-20(15-18)31-19-10-4-3-5-11-19/h3-15H,1-2H3,(H2,28,29). The third kappa shape index (κ3) is 3.92. The zero-order chi connectivity index (χ0) is 21.8. The molecule has 0 fully saturated rings. The molecule has 152 valence electrons. The predicted molar refractivity (Wildman–Crippen MR) is 122 cm³/mol. The molecule has 0 aliphatic rings. The number of aromatic nitrogens is 1. The summed E-state index contributed by atoms with van der Waals surface area (Å²) in [5.41, 5.74) is 10.4. The van der Waals surface area contributed by atoms with Crippen molar-refractivity contribution in [1.82, 2.24) is 4.98 Å². The minimum Gasteiger partial charge on any atom is -0.496 e. The molecular formula is C26H21N3O2. The highest BCUT2D eigenvalue weighted by atomic mass is 16.5. The summed E-state index contributed by atoms with van der Waals surface area (Å²) in [7, 11) is 1.62. The molecule has 0 aliphatic carbocycles. The van der Waals surface area contributed by atoms with Crippen molar-refractivity contribution >= 4 is 5.82 Å². The van der Waals surface area contributed by atoms with E-state index < -0.39 is 0 Å². The summed E-state index contributed by atoms with van der Waals surface area (Å²) in [5.74, 6) is 2.28. The van der Waals surface area contributed by atoms with Crippen molar-refractivity contribution in [2.75, 3.05) is 12.8 Å². The van der Waals surface area contributed by atoms with Gasteiger partial charge in [0.1, 0.15) is 34.7 Å². The first kappa shape index (κ1) is 20.0. The van der Waals surface area contributed by atoms with Gasteiger partial charge in [0.25, 0.3) is 0 Å². The smallest absolute Gasteiger partial charge is 0.142 e. The van der Waals surface area contributed by atoms with Crippen LogP contribution in [0.3, 0.4) is 0 Å². The molecule has 5 heteroatoms. The Labute approximate surface area is 181 Å². The minimum absolute atomic E-state index is 0.197. The van der Waals surface area contributed by atoms with Crippen molar-refractivity contribution in [3.8, 4) is 45.6 Å². The lowest BCUT2D eigenvalue weighted by Gasteiger charge is -2.18. The quantitative estimate of drug-likeness (QED) is 0.440. The fourth-order valence-corrected chi connectivity index (χ4v) is 3.65. The first-order chi connectivity index (χ1) is 15.1. The second-order valence-electron chi connectivity index (χ2n) is 6.96. The lowest BCUT2D eigenvalue weighted by atomic mass is 9.89. The number of pyridine rings is 1. The van der Waals surface area contributed by atoms with Crippen LogP contribution in [0, 0.1) is 18.3 Å². The van der Waals surface area contributed by atoms with Gasteiger partial charge in [-0.1, -0.05) is 48.5 Å². The normalized spacial score (nSPS) is 10.4. The first-order valence-electron chi connectivity index (χ1n) is 9.79. The van der Waals surface area contributed by atoms with Crippen molar-refractivity contribution in [1.29, 1.82) is 5.26 Å². The lowest BCUT2D eigenvalue weighted by molar-refractivity contribution is 0.416. The summed E-state index contributed by atoms with van der Waals surface area (Å²) in [5, 5.41) is 9.92. The van der Waals surface area contributed by atoms with Gasteiger partial charge in [0, 0.05) is 22.4 Å². The number of methoxy groups -OCH3 is 1. The number of nitriles is 1. The number of benzene rings is 3. The summed E-state index contributed by atoms with van der Waals surface area (Å²) in [4.78, 5) is 4.44. The molecule has 31 heavy (non-hydrogen) atoms. The van der Waals surface area contributed by atoms with Crippen molar-refractivity contribution in [2.45, 2.75) is 6.92 Å².